The van der Waals surface area contributed by atoms with Crippen LogP contribution in [0.3, 0.4) is 0 Å². The zero-order chi connectivity index (χ0) is 13.2. The molecule has 1 heterocycles. The van der Waals surface area contributed by atoms with E-state index in [2.05, 4.69) is 15.3 Å². The molecule has 3 nitrogen and oxygen atoms in total. The first-order valence-corrected chi connectivity index (χ1v) is 6.23. The number of aromatic nitrogens is 2. The number of hydrogen-bond donors (Lipinski definition) is 2. The van der Waals surface area contributed by atoms with E-state index in [1.165, 1.54) is 6.07 Å². The van der Waals surface area contributed by atoms with Gasteiger partial charge < -0.3 is 10.3 Å². The largest absolute Gasteiger partial charge is 0.352 e. The van der Waals surface area contributed by atoms with Gasteiger partial charge in [-0.05, 0) is 24.3 Å². The van der Waals surface area contributed by atoms with E-state index in [-0.39, 0.29) is 5.82 Å². The molecule has 0 saturated carbocycles. The maximum atomic E-state index is 13.5. The Morgan fingerprint density at radius 3 is 2.89 bits per heavy atom. The zero-order valence-electron chi connectivity index (χ0n) is 9.95. The quantitative estimate of drug-likeness (QED) is 0.759. The predicted molar refractivity (Wildman–Crippen MR) is 74.8 cm³/mol. The second kappa shape index (κ2) is 4.90. The molecule has 0 aliphatic carbocycles. The van der Waals surface area contributed by atoms with Crippen molar-refractivity contribution in [2.75, 3.05) is 5.32 Å². The highest BCUT2D eigenvalue weighted by Gasteiger charge is 2.04. The summed E-state index contributed by atoms with van der Waals surface area (Å²) in [5, 5.41) is 3.71. The van der Waals surface area contributed by atoms with E-state index in [1.54, 1.807) is 30.3 Å². The lowest BCUT2D eigenvalue weighted by atomic mass is 10.2. The van der Waals surface area contributed by atoms with Crippen LogP contribution in [0.2, 0.25) is 5.02 Å². The van der Waals surface area contributed by atoms with Gasteiger partial charge in [0.2, 0.25) is 5.95 Å². The minimum Gasteiger partial charge on any atom is -0.352 e. The first kappa shape index (κ1) is 12.0. The number of rotatable bonds is 3. The second-order valence-electron chi connectivity index (χ2n) is 4.19. The molecule has 2 aromatic carbocycles. The van der Waals surface area contributed by atoms with Crippen molar-refractivity contribution in [3.05, 3.63) is 58.9 Å². The maximum absolute atomic E-state index is 13.5. The fourth-order valence-corrected chi connectivity index (χ4v) is 2.06. The standard InChI is InChI=1S/C14H11ClFN3/c15-10-5-6-12-13(7-10)19-14(18-12)17-8-9-3-1-2-4-11(9)16/h1-7H,8H2,(H2,17,18,19). The van der Waals surface area contributed by atoms with Gasteiger partial charge in [-0.2, -0.15) is 0 Å². The van der Waals surface area contributed by atoms with Crippen LogP contribution in [-0.2, 0) is 6.54 Å². The second-order valence-corrected chi connectivity index (χ2v) is 4.63. The topological polar surface area (TPSA) is 40.7 Å². The Morgan fingerprint density at radius 1 is 1.21 bits per heavy atom. The molecule has 3 aromatic rings. The highest BCUT2D eigenvalue weighted by molar-refractivity contribution is 6.31. The SMILES string of the molecule is Fc1ccccc1CNc1nc2ccc(Cl)cc2[nH]1. The Kier molecular flexibility index (Phi) is 3.09. The molecule has 0 amide bonds. The molecular weight excluding hydrogens is 265 g/mol. The summed E-state index contributed by atoms with van der Waals surface area (Å²) in [5.41, 5.74) is 2.27. The van der Waals surface area contributed by atoms with Gasteiger partial charge in [-0.3, -0.25) is 0 Å². The van der Waals surface area contributed by atoms with E-state index in [0.29, 0.717) is 23.1 Å². The molecule has 0 radical (unpaired) electrons. The van der Waals surface area contributed by atoms with E-state index in [4.69, 9.17) is 11.6 Å². The van der Waals surface area contributed by atoms with Gasteiger partial charge >= 0.3 is 0 Å². The van der Waals surface area contributed by atoms with Gasteiger partial charge in [0.15, 0.2) is 0 Å². The number of benzene rings is 2. The molecule has 0 aliphatic rings. The molecule has 19 heavy (non-hydrogen) atoms. The lowest BCUT2D eigenvalue weighted by Crippen LogP contribution is -2.02. The molecule has 1 aromatic heterocycles. The summed E-state index contributed by atoms with van der Waals surface area (Å²) >= 11 is 5.90. The molecule has 0 aliphatic heterocycles. The highest BCUT2D eigenvalue weighted by Crippen LogP contribution is 2.19. The number of nitrogens with one attached hydrogen (secondary N) is 2. The molecule has 5 heteroatoms. The number of imidazole rings is 1. The van der Waals surface area contributed by atoms with Gasteiger partial charge in [-0.1, -0.05) is 29.8 Å². The van der Waals surface area contributed by atoms with Crippen LogP contribution in [0.1, 0.15) is 5.56 Å². The number of nitrogens with zero attached hydrogens (tertiary/aromatic N) is 1. The predicted octanol–water partition coefficient (Wildman–Crippen LogP) is 3.97. The van der Waals surface area contributed by atoms with Crippen molar-refractivity contribution >= 4 is 28.6 Å². The monoisotopic (exact) mass is 275 g/mol. The van der Waals surface area contributed by atoms with Gasteiger partial charge in [0, 0.05) is 17.1 Å². The summed E-state index contributed by atoms with van der Waals surface area (Å²) in [4.78, 5) is 7.45. The molecule has 3 rings (SSSR count). The summed E-state index contributed by atoms with van der Waals surface area (Å²) < 4.78 is 13.5. The Morgan fingerprint density at radius 2 is 2.05 bits per heavy atom. The average Bonchev–Trinajstić information content (AvgIpc) is 2.79. The summed E-state index contributed by atoms with van der Waals surface area (Å²) in [6.45, 7) is 0.375. The fraction of sp³-hybridized carbons (Fsp3) is 0.0714. The fourth-order valence-electron chi connectivity index (χ4n) is 1.89. The van der Waals surface area contributed by atoms with Crippen molar-refractivity contribution < 1.29 is 4.39 Å². The van der Waals surface area contributed by atoms with Crippen LogP contribution in [0.25, 0.3) is 11.0 Å². The minimum atomic E-state index is -0.228. The lowest BCUT2D eigenvalue weighted by Gasteiger charge is -2.03. The zero-order valence-corrected chi connectivity index (χ0v) is 10.7. The van der Waals surface area contributed by atoms with Gasteiger partial charge in [0.05, 0.1) is 11.0 Å². The Hall–Kier alpha value is -2.07. The van der Waals surface area contributed by atoms with E-state index >= 15 is 0 Å². The molecule has 96 valence electrons. The van der Waals surface area contributed by atoms with Crippen LogP contribution in [0.4, 0.5) is 10.3 Å². The van der Waals surface area contributed by atoms with Crippen molar-refractivity contribution in [3.63, 3.8) is 0 Å². The van der Waals surface area contributed by atoms with Crippen LogP contribution in [0, 0.1) is 5.82 Å². The summed E-state index contributed by atoms with van der Waals surface area (Å²) in [6, 6.07) is 12.1. The van der Waals surface area contributed by atoms with Crippen LogP contribution >= 0.6 is 11.6 Å². The number of H-pyrrole nitrogens is 1. The van der Waals surface area contributed by atoms with Crippen LogP contribution in [-0.4, -0.2) is 9.97 Å². The third kappa shape index (κ3) is 2.53. The van der Waals surface area contributed by atoms with Crippen LogP contribution in [0.5, 0.6) is 0 Å². The molecule has 0 bridgehead atoms. The Labute approximate surface area is 114 Å². The number of fused-ring (bicyclic) bond motifs is 1. The third-order valence-corrected chi connectivity index (χ3v) is 3.08. The van der Waals surface area contributed by atoms with Crippen LogP contribution < -0.4 is 5.32 Å². The van der Waals surface area contributed by atoms with E-state index in [1.807, 2.05) is 6.07 Å². The molecular formula is C14H11ClFN3. The van der Waals surface area contributed by atoms with E-state index < -0.39 is 0 Å². The normalized spacial score (nSPS) is 10.8. The number of halogens is 2. The van der Waals surface area contributed by atoms with Crippen LogP contribution in [0.15, 0.2) is 42.5 Å². The van der Waals surface area contributed by atoms with Crippen molar-refractivity contribution in [1.29, 1.82) is 0 Å². The van der Waals surface area contributed by atoms with E-state index in [0.717, 1.165) is 11.0 Å². The van der Waals surface area contributed by atoms with E-state index in [9.17, 15) is 4.39 Å². The van der Waals surface area contributed by atoms with Gasteiger partial charge in [-0.15, -0.1) is 0 Å². The number of aromatic amines is 1. The van der Waals surface area contributed by atoms with Gasteiger partial charge in [0.1, 0.15) is 5.82 Å². The lowest BCUT2D eigenvalue weighted by molar-refractivity contribution is 0.613. The van der Waals surface area contributed by atoms with Gasteiger partial charge in [0.25, 0.3) is 0 Å². The van der Waals surface area contributed by atoms with Crippen molar-refractivity contribution in [1.82, 2.24) is 9.97 Å². The molecule has 0 atom stereocenters. The van der Waals surface area contributed by atoms with Crippen molar-refractivity contribution in [3.8, 4) is 0 Å². The smallest absolute Gasteiger partial charge is 0.201 e. The Balaban J connectivity index is 1.80. The first-order chi connectivity index (χ1) is 9.22. The minimum absolute atomic E-state index is 0.228. The van der Waals surface area contributed by atoms with Crippen molar-refractivity contribution in [2.24, 2.45) is 0 Å². The summed E-state index contributed by atoms with van der Waals surface area (Å²) in [6.07, 6.45) is 0. The molecule has 2 N–H and O–H groups in total. The summed E-state index contributed by atoms with van der Waals surface area (Å²) in [5.74, 6) is 0.370. The van der Waals surface area contributed by atoms with Crippen molar-refractivity contribution in [2.45, 2.75) is 6.54 Å². The number of hydrogen-bond acceptors (Lipinski definition) is 2. The third-order valence-electron chi connectivity index (χ3n) is 2.85. The average molecular weight is 276 g/mol. The van der Waals surface area contributed by atoms with Gasteiger partial charge in [-0.25, -0.2) is 9.37 Å². The molecule has 0 fully saturated rings. The first-order valence-electron chi connectivity index (χ1n) is 5.85. The molecule has 0 spiro atoms. The maximum Gasteiger partial charge on any atom is 0.201 e. The Bertz CT molecular complexity index is 724. The summed E-state index contributed by atoms with van der Waals surface area (Å²) in [7, 11) is 0. The molecule has 0 unspecified atom stereocenters. The molecule has 0 saturated heterocycles. The number of anilines is 1. The highest BCUT2D eigenvalue weighted by atomic mass is 35.5.